The van der Waals surface area contributed by atoms with E-state index in [1.54, 1.807) is 13.0 Å². The Morgan fingerprint density at radius 3 is 2.54 bits per heavy atom. The molecule has 1 heterocycles. The zero-order valence-corrected chi connectivity index (χ0v) is 12.9. The van der Waals surface area contributed by atoms with Crippen LogP contribution in [0.4, 0.5) is 8.78 Å². The average Bonchev–Trinajstić information content (AvgIpc) is 2.88. The third kappa shape index (κ3) is 2.88. The van der Waals surface area contributed by atoms with Gasteiger partial charge < -0.3 is 15.4 Å². The number of rotatable bonds is 4. The second kappa shape index (κ2) is 6.41. The van der Waals surface area contributed by atoms with Crippen molar-refractivity contribution >= 4 is 16.8 Å². The van der Waals surface area contributed by atoms with Crippen molar-refractivity contribution in [3.05, 3.63) is 70.9 Å². The molecule has 2 aromatic carbocycles. The van der Waals surface area contributed by atoms with Crippen LogP contribution in [0.1, 0.15) is 27.7 Å². The van der Waals surface area contributed by atoms with Crippen molar-refractivity contribution in [3.63, 3.8) is 0 Å². The topological polar surface area (TPSA) is 65.1 Å². The van der Waals surface area contributed by atoms with Crippen LogP contribution in [-0.2, 0) is 0 Å². The summed E-state index contributed by atoms with van der Waals surface area (Å²) in [5.41, 5.74) is 1.50. The van der Waals surface area contributed by atoms with Crippen LogP contribution in [-0.4, -0.2) is 22.5 Å². The molecule has 1 atom stereocenters. The van der Waals surface area contributed by atoms with Crippen molar-refractivity contribution in [1.82, 2.24) is 10.3 Å². The Morgan fingerprint density at radius 2 is 1.83 bits per heavy atom. The molecule has 0 bridgehead atoms. The van der Waals surface area contributed by atoms with Crippen molar-refractivity contribution in [1.29, 1.82) is 0 Å². The Hall–Kier alpha value is -2.73. The number of halogens is 2. The predicted octanol–water partition coefficient (Wildman–Crippen LogP) is 3.22. The van der Waals surface area contributed by atoms with Gasteiger partial charge in [0, 0.05) is 23.1 Å². The summed E-state index contributed by atoms with van der Waals surface area (Å²) in [5, 5.41) is 13.3. The molecule has 24 heavy (non-hydrogen) atoms. The number of hydrogen-bond acceptors (Lipinski definition) is 2. The number of aliphatic hydroxyl groups is 1. The van der Waals surface area contributed by atoms with Gasteiger partial charge in [0.1, 0.15) is 17.7 Å². The molecule has 3 rings (SSSR count). The number of aliphatic hydroxyl groups excluding tert-OH is 1. The maximum Gasteiger partial charge on any atom is 0.253 e. The maximum atomic E-state index is 13.7. The number of fused-ring (bicyclic) bond motifs is 1. The molecule has 0 saturated carbocycles. The second-order valence-electron chi connectivity index (χ2n) is 5.53. The normalized spacial score (nSPS) is 12.3. The largest absolute Gasteiger partial charge is 0.386 e. The Balaban J connectivity index is 1.79. The molecule has 0 spiro atoms. The monoisotopic (exact) mass is 330 g/mol. The molecule has 1 aromatic heterocycles. The van der Waals surface area contributed by atoms with Gasteiger partial charge in [-0.1, -0.05) is 24.3 Å². The Bertz CT molecular complexity index is 885. The molecule has 0 fully saturated rings. The number of nitrogens with one attached hydrogen (secondary N) is 2. The van der Waals surface area contributed by atoms with Crippen LogP contribution in [0.2, 0.25) is 0 Å². The molecule has 3 N–H and O–H groups in total. The highest BCUT2D eigenvalue weighted by atomic mass is 19.1. The molecular formula is C18H16F2N2O2. The number of aromatic nitrogens is 1. The third-order valence-electron chi connectivity index (χ3n) is 3.91. The van der Waals surface area contributed by atoms with Crippen LogP contribution in [0.15, 0.2) is 42.5 Å². The highest BCUT2D eigenvalue weighted by Gasteiger charge is 2.20. The molecule has 3 aromatic rings. The summed E-state index contributed by atoms with van der Waals surface area (Å²) < 4.78 is 27.3. The lowest BCUT2D eigenvalue weighted by Crippen LogP contribution is -2.29. The van der Waals surface area contributed by atoms with E-state index in [1.165, 1.54) is 6.07 Å². The minimum absolute atomic E-state index is 0.296. The molecule has 6 heteroatoms. The molecule has 0 aliphatic heterocycles. The van der Waals surface area contributed by atoms with Gasteiger partial charge in [-0.25, -0.2) is 8.78 Å². The van der Waals surface area contributed by atoms with Gasteiger partial charge in [0.2, 0.25) is 0 Å². The second-order valence-corrected chi connectivity index (χ2v) is 5.53. The number of hydrogen-bond donors (Lipinski definition) is 3. The number of H-pyrrole nitrogens is 1. The van der Waals surface area contributed by atoms with E-state index in [4.69, 9.17) is 0 Å². The fourth-order valence-electron chi connectivity index (χ4n) is 2.78. The summed E-state index contributed by atoms with van der Waals surface area (Å²) in [4.78, 5) is 15.5. The number of carbonyl (C=O) groups excluding carboxylic acids is 1. The van der Waals surface area contributed by atoms with Gasteiger partial charge in [-0.3, -0.25) is 4.79 Å². The molecule has 0 aliphatic carbocycles. The van der Waals surface area contributed by atoms with Gasteiger partial charge in [0.25, 0.3) is 5.91 Å². The summed E-state index contributed by atoms with van der Waals surface area (Å²) in [6.45, 7) is 1.47. The Kier molecular flexibility index (Phi) is 4.31. The van der Waals surface area contributed by atoms with Gasteiger partial charge in [0.15, 0.2) is 0 Å². The highest BCUT2D eigenvalue weighted by Crippen LogP contribution is 2.23. The molecule has 124 valence electrons. The van der Waals surface area contributed by atoms with E-state index in [0.717, 1.165) is 23.0 Å². The zero-order chi connectivity index (χ0) is 17.3. The zero-order valence-electron chi connectivity index (χ0n) is 12.9. The number of aryl methyl sites for hydroxylation is 1. The minimum Gasteiger partial charge on any atom is -0.386 e. The Morgan fingerprint density at radius 1 is 1.17 bits per heavy atom. The smallest absolute Gasteiger partial charge is 0.253 e. The van der Waals surface area contributed by atoms with E-state index in [0.29, 0.717) is 11.3 Å². The molecular weight excluding hydrogens is 314 g/mol. The fraction of sp³-hybridized carbons (Fsp3) is 0.167. The van der Waals surface area contributed by atoms with Crippen LogP contribution in [0.5, 0.6) is 0 Å². The van der Waals surface area contributed by atoms with Gasteiger partial charge >= 0.3 is 0 Å². The first kappa shape index (κ1) is 16.1. The van der Waals surface area contributed by atoms with E-state index >= 15 is 0 Å². The van der Waals surface area contributed by atoms with Crippen LogP contribution in [0, 0.1) is 18.6 Å². The lowest BCUT2D eigenvalue weighted by atomic mass is 10.1. The van der Waals surface area contributed by atoms with Gasteiger partial charge in [0.05, 0.1) is 11.1 Å². The standard InChI is InChI=1S/C18H16F2N2O2/c1-10-16(11-5-2-3-8-14(11)22-10)18(24)21-9-15(23)17-12(19)6-4-7-13(17)20/h2-8,15,22-23H,9H2,1H3,(H,21,24)/t15-/m1/s1. The lowest BCUT2D eigenvalue weighted by Gasteiger charge is -2.14. The molecule has 1 amide bonds. The molecule has 0 aliphatic rings. The minimum atomic E-state index is -1.47. The summed E-state index contributed by atoms with van der Waals surface area (Å²) in [6.07, 6.45) is -1.47. The molecule has 0 unspecified atom stereocenters. The molecule has 0 saturated heterocycles. The average molecular weight is 330 g/mol. The Labute approximate surface area is 137 Å². The first-order chi connectivity index (χ1) is 11.5. The summed E-state index contributed by atoms with van der Waals surface area (Å²) in [7, 11) is 0. The van der Waals surface area contributed by atoms with Crippen molar-refractivity contribution in [2.24, 2.45) is 0 Å². The van der Waals surface area contributed by atoms with Crippen molar-refractivity contribution in [2.75, 3.05) is 6.54 Å². The van der Waals surface area contributed by atoms with E-state index in [1.807, 2.05) is 18.2 Å². The predicted molar refractivity (Wildman–Crippen MR) is 86.7 cm³/mol. The van der Waals surface area contributed by atoms with Crippen LogP contribution in [0.25, 0.3) is 10.9 Å². The lowest BCUT2D eigenvalue weighted by molar-refractivity contribution is 0.0912. The van der Waals surface area contributed by atoms with Crippen molar-refractivity contribution < 1.29 is 18.7 Å². The van der Waals surface area contributed by atoms with Gasteiger partial charge in [-0.05, 0) is 25.1 Å². The first-order valence-electron chi connectivity index (χ1n) is 7.46. The number of carbonyl (C=O) groups is 1. The van der Waals surface area contributed by atoms with Crippen LogP contribution in [0.3, 0.4) is 0 Å². The van der Waals surface area contributed by atoms with Crippen molar-refractivity contribution in [2.45, 2.75) is 13.0 Å². The number of aromatic amines is 1. The maximum absolute atomic E-state index is 13.7. The molecule has 4 nitrogen and oxygen atoms in total. The van der Waals surface area contributed by atoms with Crippen molar-refractivity contribution in [3.8, 4) is 0 Å². The van der Waals surface area contributed by atoms with Crippen LogP contribution < -0.4 is 5.32 Å². The number of amides is 1. The number of benzene rings is 2. The summed E-state index contributed by atoms with van der Waals surface area (Å²) in [6, 6.07) is 10.7. The summed E-state index contributed by atoms with van der Waals surface area (Å²) in [5.74, 6) is -2.11. The van der Waals surface area contributed by atoms with E-state index in [9.17, 15) is 18.7 Å². The van der Waals surface area contributed by atoms with Crippen LogP contribution >= 0.6 is 0 Å². The van der Waals surface area contributed by atoms with E-state index < -0.39 is 29.2 Å². The van der Waals surface area contributed by atoms with E-state index in [2.05, 4.69) is 10.3 Å². The highest BCUT2D eigenvalue weighted by molar-refractivity contribution is 6.08. The quantitative estimate of drug-likeness (QED) is 0.688. The van der Waals surface area contributed by atoms with E-state index in [-0.39, 0.29) is 6.54 Å². The number of para-hydroxylation sites is 1. The van der Waals surface area contributed by atoms with Gasteiger partial charge in [-0.2, -0.15) is 0 Å². The van der Waals surface area contributed by atoms with Gasteiger partial charge in [-0.15, -0.1) is 0 Å². The first-order valence-corrected chi connectivity index (χ1v) is 7.46. The SMILES string of the molecule is Cc1[nH]c2ccccc2c1C(=O)NC[C@@H](O)c1c(F)cccc1F. The fourth-order valence-corrected chi connectivity index (χ4v) is 2.78. The third-order valence-corrected chi connectivity index (χ3v) is 3.91. The molecule has 0 radical (unpaired) electrons. The summed E-state index contributed by atoms with van der Waals surface area (Å²) >= 11 is 0.